The Morgan fingerprint density at radius 1 is 1.50 bits per heavy atom. The number of hydrogen-bond acceptors (Lipinski definition) is 4. The SMILES string of the molecule is CCC1CNCCN1c1nccn2nc(C)cc12. The average Bonchev–Trinajstić information content (AvgIpc) is 2.78. The van der Waals surface area contributed by atoms with Crippen molar-refractivity contribution in [3.8, 4) is 0 Å². The molecule has 0 amide bonds. The molecule has 0 saturated carbocycles. The molecule has 1 unspecified atom stereocenters. The van der Waals surface area contributed by atoms with Crippen LogP contribution in [0.5, 0.6) is 0 Å². The van der Waals surface area contributed by atoms with E-state index in [2.05, 4.69) is 33.3 Å². The van der Waals surface area contributed by atoms with Crippen molar-refractivity contribution in [3.05, 3.63) is 24.2 Å². The summed E-state index contributed by atoms with van der Waals surface area (Å²) in [6, 6.07) is 2.63. The van der Waals surface area contributed by atoms with Gasteiger partial charge in [0.15, 0.2) is 5.82 Å². The van der Waals surface area contributed by atoms with Gasteiger partial charge >= 0.3 is 0 Å². The lowest BCUT2D eigenvalue weighted by Crippen LogP contribution is -2.51. The van der Waals surface area contributed by atoms with Crippen LogP contribution >= 0.6 is 0 Å². The highest BCUT2D eigenvalue weighted by atomic mass is 15.3. The largest absolute Gasteiger partial charge is 0.349 e. The minimum Gasteiger partial charge on any atom is -0.349 e. The minimum absolute atomic E-state index is 0.521. The fourth-order valence-electron chi connectivity index (χ4n) is 2.66. The van der Waals surface area contributed by atoms with E-state index in [4.69, 9.17) is 0 Å². The number of fused-ring (bicyclic) bond motifs is 1. The van der Waals surface area contributed by atoms with Crippen LogP contribution in [-0.4, -0.2) is 40.3 Å². The Morgan fingerprint density at radius 3 is 3.22 bits per heavy atom. The molecule has 3 rings (SSSR count). The highest BCUT2D eigenvalue weighted by Crippen LogP contribution is 2.23. The zero-order valence-electron chi connectivity index (χ0n) is 10.9. The Balaban J connectivity index is 2.06. The molecular weight excluding hydrogens is 226 g/mol. The monoisotopic (exact) mass is 245 g/mol. The van der Waals surface area contributed by atoms with Crippen molar-refractivity contribution in [1.29, 1.82) is 0 Å². The maximum Gasteiger partial charge on any atom is 0.155 e. The van der Waals surface area contributed by atoms with Crippen molar-refractivity contribution in [1.82, 2.24) is 19.9 Å². The summed E-state index contributed by atoms with van der Waals surface area (Å²) in [4.78, 5) is 6.99. The van der Waals surface area contributed by atoms with Gasteiger partial charge in [-0.25, -0.2) is 9.50 Å². The van der Waals surface area contributed by atoms with E-state index in [9.17, 15) is 0 Å². The summed E-state index contributed by atoms with van der Waals surface area (Å²) in [7, 11) is 0. The summed E-state index contributed by atoms with van der Waals surface area (Å²) in [5, 5.41) is 7.90. The molecule has 1 aliphatic heterocycles. The summed E-state index contributed by atoms with van der Waals surface area (Å²) >= 11 is 0. The maximum absolute atomic E-state index is 4.58. The van der Waals surface area contributed by atoms with E-state index in [1.165, 1.54) is 0 Å². The lowest BCUT2D eigenvalue weighted by atomic mass is 10.1. The summed E-state index contributed by atoms with van der Waals surface area (Å²) in [6.45, 7) is 7.31. The third kappa shape index (κ3) is 1.84. The molecule has 0 aromatic carbocycles. The molecular formula is C13H19N5. The van der Waals surface area contributed by atoms with E-state index in [0.29, 0.717) is 6.04 Å². The van der Waals surface area contributed by atoms with Crippen molar-refractivity contribution in [3.63, 3.8) is 0 Å². The van der Waals surface area contributed by atoms with Crippen molar-refractivity contribution in [2.45, 2.75) is 26.3 Å². The molecule has 96 valence electrons. The second-order valence-electron chi connectivity index (χ2n) is 4.83. The molecule has 3 heterocycles. The van der Waals surface area contributed by atoms with Crippen LogP contribution in [0.1, 0.15) is 19.0 Å². The van der Waals surface area contributed by atoms with Gasteiger partial charge in [-0.3, -0.25) is 0 Å². The standard InChI is InChI=1S/C13H19N5/c1-3-11-9-14-4-6-17(11)13-12-8-10(2)16-18(12)7-5-15-13/h5,7-8,11,14H,3-4,6,9H2,1-2H3. The summed E-state index contributed by atoms with van der Waals surface area (Å²) < 4.78 is 1.92. The van der Waals surface area contributed by atoms with Gasteiger partial charge in [0.1, 0.15) is 5.52 Å². The molecule has 18 heavy (non-hydrogen) atoms. The molecule has 1 N–H and O–H groups in total. The van der Waals surface area contributed by atoms with Gasteiger partial charge in [-0.05, 0) is 19.4 Å². The smallest absolute Gasteiger partial charge is 0.155 e. The van der Waals surface area contributed by atoms with Crippen molar-refractivity contribution >= 4 is 11.3 Å². The van der Waals surface area contributed by atoms with Gasteiger partial charge in [0.05, 0.1) is 5.69 Å². The number of piperazine rings is 1. The molecule has 0 spiro atoms. The summed E-state index contributed by atoms with van der Waals surface area (Å²) in [6.07, 6.45) is 4.88. The molecule has 1 saturated heterocycles. The normalized spacial score (nSPS) is 20.6. The van der Waals surface area contributed by atoms with Crippen LogP contribution in [0.4, 0.5) is 5.82 Å². The van der Waals surface area contributed by atoms with Gasteiger partial charge in [-0.15, -0.1) is 0 Å². The van der Waals surface area contributed by atoms with Crippen molar-refractivity contribution in [2.24, 2.45) is 0 Å². The molecule has 1 atom stereocenters. The van der Waals surface area contributed by atoms with Crippen LogP contribution in [0, 0.1) is 6.92 Å². The number of nitrogens with one attached hydrogen (secondary N) is 1. The third-order valence-electron chi connectivity index (χ3n) is 3.59. The van der Waals surface area contributed by atoms with Crippen molar-refractivity contribution in [2.75, 3.05) is 24.5 Å². The van der Waals surface area contributed by atoms with E-state index in [1.807, 2.05) is 23.8 Å². The Kier molecular flexibility index (Phi) is 2.91. The Morgan fingerprint density at radius 2 is 2.39 bits per heavy atom. The van der Waals surface area contributed by atoms with E-state index >= 15 is 0 Å². The van der Waals surface area contributed by atoms with E-state index in [0.717, 1.165) is 43.1 Å². The second kappa shape index (κ2) is 4.57. The Bertz CT molecular complexity index is 547. The van der Waals surface area contributed by atoms with Gasteiger partial charge in [-0.1, -0.05) is 6.92 Å². The quantitative estimate of drug-likeness (QED) is 0.864. The van der Waals surface area contributed by atoms with E-state index in [-0.39, 0.29) is 0 Å². The maximum atomic E-state index is 4.58. The molecule has 2 aromatic rings. The molecule has 0 bridgehead atoms. The van der Waals surface area contributed by atoms with Crippen LogP contribution < -0.4 is 10.2 Å². The van der Waals surface area contributed by atoms with Crippen molar-refractivity contribution < 1.29 is 0 Å². The highest BCUT2D eigenvalue weighted by Gasteiger charge is 2.23. The van der Waals surface area contributed by atoms with Crippen LogP contribution in [0.2, 0.25) is 0 Å². The topological polar surface area (TPSA) is 45.5 Å². The molecule has 5 heteroatoms. The first-order chi connectivity index (χ1) is 8.79. The van der Waals surface area contributed by atoms with Gasteiger partial charge in [0.25, 0.3) is 0 Å². The summed E-state index contributed by atoms with van der Waals surface area (Å²) in [5.74, 6) is 1.06. The van der Waals surface area contributed by atoms with E-state index < -0.39 is 0 Å². The predicted molar refractivity (Wildman–Crippen MR) is 72.0 cm³/mol. The molecule has 1 aliphatic rings. The minimum atomic E-state index is 0.521. The molecule has 5 nitrogen and oxygen atoms in total. The number of nitrogens with zero attached hydrogens (tertiary/aromatic N) is 4. The average molecular weight is 245 g/mol. The molecule has 0 aliphatic carbocycles. The molecule has 1 fully saturated rings. The number of hydrogen-bond donors (Lipinski definition) is 1. The zero-order valence-corrected chi connectivity index (χ0v) is 10.9. The summed E-state index contributed by atoms with van der Waals surface area (Å²) in [5.41, 5.74) is 2.14. The fourth-order valence-corrected chi connectivity index (χ4v) is 2.66. The van der Waals surface area contributed by atoms with Gasteiger partial charge in [0.2, 0.25) is 0 Å². The molecule has 0 radical (unpaired) electrons. The van der Waals surface area contributed by atoms with Crippen LogP contribution in [0.3, 0.4) is 0 Å². The lowest BCUT2D eigenvalue weighted by molar-refractivity contribution is 0.463. The number of rotatable bonds is 2. The first-order valence-electron chi connectivity index (χ1n) is 6.58. The molecule has 2 aromatic heterocycles. The predicted octanol–water partition coefficient (Wildman–Crippen LogP) is 1.23. The lowest BCUT2D eigenvalue weighted by Gasteiger charge is -2.36. The third-order valence-corrected chi connectivity index (χ3v) is 3.59. The van der Waals surface area contributed by atoms with Crippen LogP contribution in [0.15, 0.2) is 18.5 Å². The Labute approximate surface area is 107 Å². The van der Waals surface area contributed by atoms with Gasteiger partial charge < -0.3 is 10.2 Å². The first kappa shape index (κ1) is 11.5. The van der Waals surface area contributed by atoms with Crippen LogP contribution in [-0.2, 0) is 0 Å². The number of aryl methyl sites for hydroxylation is 1. The number of anilines is 1. The first-order valence-corrected chi connectivity index (χ1v) is 6.58. The number of aromatic nitrogens is 3. The zero-order chi connectivity index (χ0) is 12.5. The van der Waals surface area contributed by atoms with Crippen LogP contribution in [0.25, 0.3) is 5.52 Å². The highest BCUT2D eigenvalue weighted by molar-refractivity contribution is 5.69. The van der Waals surface area contributed by atoms with Gasteiger partial charge in [-0.2, -0.15) is 5.10 Å². The Hall–Kier alpha value is -1.62. The van der Waals surface area contributed by atoms with E-state index in [1.54, 1.807) is 0 Å². The second-order valence-corrected chi connectivity index (χ2v) is 4.83. The van der Waals surface area contributed by atoms with Gasteiger partial charge in [0, 0.05) is 38.1 Å². The fraction of sp³-hybridized carbons (Fsp3) is 0.538.